The zero-order valence-corrected chi connectivity index (χ0v) is 14.9. The number of nitrogens with zero attached hydrogens (tertiary/aromatic N) is 1. The molecule has 3 aromatic rings. The number of carbonyl (C=O) groups excluding carboxylic acids is 1. The third-order valence-corrected chi connectivity index (χ3v) is 4.72. The number of hydrogen-bond donors (Lipinski definition) is 3. The van der Waals surface area contributed by atoms with Gasteiger partial charge in [0, 0.05) is 22.2 Å². The van der Waals surface area contributed by atoms with Crippen molar-refractivity contribution in [3.8, 4) is 12.3 Å². The van der Waals surface area contributed by atoms with E-state index < -0.39 is 23.9 Å². The molecule has 0 unspecified atom stereocenters. The standard InChI is InChI=1S/C20H15F3N4O2/c1-2-15-17-13(9-29-15)12-7-10(3-5-14(12)27-18(17)24)19(28)25-8-11-4-6-16(26-11)20(21,22)23/h1,3-7,15,26H,8-9H2,(H2,24,27)(H,25,28)/t15-/m1/s1. The number of hydrogen-bond acceptors (Lipinski definition) is 4. The first-order valence-electron chi connectivity index (χ1n) is 8.61. The molecule has 1 aliphatic heterocycles. The fourth-order valence-electron chi connectivity index (χ4n) is 3.32. The monoisotopic (exact) mass is 400 g/mol. The van der Waals surface area contributed by atoms with Crippen molar-refractivity contribution in [1.29, 1.82) is 0 Å². The van der Waals surface area contributed by atoms with Crippen LogP contribution in [0, 0.1) is 12.3 Å². The van der Waals surface area contributed by atoms with Crippen molar-refractivity contribution in [3.63, 3.8) is 0 Å². The van der Waals surface area contributed by atoms with Gasteiger partial charge in [0.2, 0.25) is 0 Å². The maximum atomic E-state index is 12.6. The molecule has 148 valence electrons. The molecule has 3 heterocycles. The quantitative estimate of drug-likeness (QED) is 0.588. The van der Waals surface area contributed by atoms with Crippen LogP contribution in [0.5, 0.6) is 0 Å². The molecular weight excluding hydrogens is 385 g/mol. The topological polar surface area (TPSA) is 93.0 Å². The molecule has 0 bridgehead atoms. The molecule has 0 radical (unpaired) electrons. The fourth-order valence-corrected chi connectivity index (χ4v) is 3.32. The number of benzene rings is 1. The van der Waals surface area contributed by atoms with Crippen LogP contribution in [0.4, 0.5) is 19.0 Å². The summed E-state index contributed by atoms with van der Waals surface area (Å²) in [5.74, 6) is 2.36. The molecular formula is C20H15F3N4O2. The number of nitrogens with one attached hydrogen (secondary N) is 2. The number of rotatable bonds is 3. The smallest absolute Gasteiger partial charge is 0.383 e. The lowest BCUT2D eigenvalue weighted by molar-refractivity contribution is -0.140. The van der Waals surface area contributed by atoms with Crippen molar-refractivity contribution in [2.45, 2.75) is 25.4 Å². The second-order valence-electron chi connectivity index (χ2n) is 6.56. The van der Waals surface area contributed by atoms with E-state index in [0.717, 1.165) is 11.6 Å². The van der Waals surface area contributed by atoms with Crippen molar-refractivity contribution in [1.82, 2.24) is 15.3 Å². The van der Waals surface area contributed by atoms with Crippen LogP contribution in [-0.2, 0) is 24.1 Å². The van der Waals surface area contributed by atoms with Crippen LogP contribution in [0.1, 0.15) is 39.0 Å². The molecule has 0 saturated carbocycles. The average Bonchev–Trinajstić information content (AvgIpc) is 3.33. The number of terminal acetylenes is 1. The summed E-state index contributed by atoms with van der Waals surface area (Å²) in [5, 5.41) is 3.29. The summed E-state index contributed by atoms with van der Waals surface area (Å²) >= 11 is 0. The predicted molar refractivity (Wildman–Crippen MR) is 99.5 cm³/mol. The van der Waals surface area contributed by atoms with Gasteiger partial charge in [0.05, 0.1) is 18.7 Å². The number of pyridine rings is 1. The number of nitrogen functional groups attached to an aromatic ring is 1. The number of fused-ring (bicyclic) bond motifs is 3. The van der Waals surface area contributed by atoms with Crippen LogP contribution >= 0.6 is 0 Å². The molecule has 9 heteroatoms. The molecule has 1 amide bonds. The first-order valence-corrected chi connectivity index (χ1v) is 8.61. The summed E-state index contributed by atoms with van der Waals surface area (Å²) in [6.07, 6.45) is 0.415. The molecule has 2 aromatic heterocycles. The number of alkyl halides is 3. The Kier molecular flexibility index (Phi) is 4.43. The van der Waals surface area contributed by atoms with Crippen LogP contribution in [-0.4, -0.2) is 15.9 Å². The lowest BCUT2D eigenvalue weighted by Crippen LogP contribution is -2.23. The van der Waals surface area contributed by atoms with E-state index in [2.05, 4.69) is 21.2 Å². The summed E-state index contributed by atoms with van der Waals surface area (Å²) < 4.78 is 43.5. The highest BCUT2D eigenvalue weighted by molar-refractivity contribution is 5.99. The highest BCUT2D eigenvalue weighted by Crippen LogP contribution is 2.38. The Labute approximate surface area is 163 Å². The zero-order valence-electron chi connectivity index (χ0n) is 14.9. The zero-order chi connectivity index (χ0) is 20.8. The lowest BCUT2D eigenvalue weighted by Gasteiger charge is -2.10. The highest BCUT2D eigenvalue weighted by atomic mass is 19.4. The van der Waals surface area contributed by atoms with Gasteiger partial charge < -0.3 is 20.8 Å². The van der Waals surface area contributed by atoms with Crippen LogP contribution in [0.25, 0.3) is 10.9 Å². The van der Waals surface area contributed by atoms with Gasteiger partial charge in [-0.25, -0.2) is 4.98 Å². The number of halogens is 3. The van der Waals surface area contributed by atoms with Gasteiger partial charge in [0.15, 0.2) is 0 Å². The Morgan fingerprint density at radius 2 is 2.17 bits per heavy atom. The predicted octanol–water partition coefficient (Wildman–Crippen LogP) is 3.30. The Balaban J connectivity index is 1.58. The van der Waals surface area contributed by atoms with Crippen molar-refractivity contribution in [3.05, 3.63) is 58.4 Å². The molecule has 1 aliphatic rings. The molecule has 1 atom stereocenters. The maximum Gasteiger partial charge on any atom is 0.431 e. The molecule has 29 heavy (non-hydrogen) atoms. The molecule has 0 aliphatic carbocycles. The van der Waals surface area contributed by atoms with E-state index in [1.807, 2.05) is 0 Å². The van der Waals surface area contributed by atoms with Crippen LogP contribution < -0.4 is 11.1 Å². The number of aromatic nitrogens is 2. The van der Waals surface area contributed by atoms with E-state index in [1.165, 1.54) is 6.07 Å². The van der Waals surface area contributed by atoms with E-state index in [9.17, 15) is 18.0 Å². The number of carbonyl (C=O) groups is 1. The molecule has 0 spiro atoms. The lowest BCUT2D eigenvalue weighted by atomic mass is 10.00. The first-order chi connectivity index (χ1) is 13.8. The van der Waals surface area contributed by atoms with Gasteiger partial charge in [0.1, 0.15) is 17.6 Å². The van der Waals surface area contributed by atoms with Crippen molar-refractivity contribution in [2.75, 3.05) is 5.73 Å². The van der Waals surface area contributed by atoms with E-state index in [1.54, 1.807) is 18.2 Å². The van der Waals surface area contributed by atoms with E-state index in [-0.39, 0.29) is 24.7 Å². The molecule has 0 fully saturated rings. The van der Waals surface area contributed by atoms with E-state index in [4.69, 9.17) is 16.9 Å². The van der Waals surface area contributed by atoms with Gasteiger partial charge in [-0.3, -0.25) is 4.79 Å². The summed E-state index contributed by atoms with van der Waals surface area (Å²) in [4.78, 5) is 19.1. The molecule has 1 aromatic carbocycles. The number of amides is 1. The van der Waals surface area contributed by atoms with Gasteiger partial charge in [-0.15, -0.1) is 6.42 Å². The highest BCUT2D eigenvalue weighted by Gasteiger charge is 2.32. The van der Waals surface area contributed by atoms with Gasteiger partial charge in [-0.05, 0) is 35.9 Å². The molecule has 4 rings (SSSR count). The minimum Gasteiger partial charge on any atom is -0.383 e. The number of anilines is 1. The number of H-pyrrole nitrogens is 1. The summed E-state index contributed by atoms with van der Waals surface area (Å²) in [7, 11) is 0. The van der Waals surface area contributed by atoms with E-state index in [0.29, 0.717) is 22.0 Å². The van der Waals surface area contributed by atoms with Crippen LogP contribution in [0.15, 0.2) is 30.3 Å². The third kappa shape index (κ3) is 3.39. The number of aromatic amines is 1. The second-order valence-corrected chi connectivity index (χ2v) is 6.56. The minimum absolute atomic E-state index is 0.0761. The van der Waals surface area contributed by atoms with Gasteiger partial charge in [0.25, 0.3) is 5.91 Å². The van der Waals surface area contributed by atoms with E-state index >= 15 is 0 Å². The maximum absolute atomic E-state index is 12.6. The summed E-state index contributed by atoms with van der Waals surface area (Å²) in [5.41, 5.74) is 7.71. The van der Waals surface area contributed by atoms with Crippen molar-refractivity contribution in [2.24, 2.45) is 0 Å². The molecule has 6 nitrogen and oxygen atoms in total. The van der Waals surface area contributed by atoms with Crippen molar-refractivity contribution >= 4 is 22.6 Å². The Hall–Kier alpha value is -3.51. The van der Waals surface area contributed by atoms with Gasteiger partial charge >= 0.3 is 6.18 Å². The van der Waals surface area contributed by atoms with Crippen LogP contribution in [0.2, 0.25) is 0 Å². The SMILES string of the molecule is C#C[C@H]1OCc2c1c(N)nc1ccc(C(=O)NCc3ccc(C(F)(F)F)[nH]3)cc21. The number of ether oxygens (including phenoxy) is 1. The Morgan fingerprint density at radius 3 is 2.86 bits per heavy atom. The summed E-state index contributed by atoms with van der Waals surface area (Å²) in [6.45, 7) is 0.175. The fraction of sp³-hybridized carbons (Fsp3) is 0.200. The summed E-state index contributed by atoms with van der Waals surface area (Å²) in [6, 6.07) is 7.08. The molecule has 0 saturated heterocycles. The first kappa shape index (κ1) is 18.8. The van der Waals surface area contributed by atoms with Crippen LogP contribution in [0.3, 0.4) is 0 Å². The average molecular weight is 400 g/mol. The second kappa shape index (κ2) is 6.83. The number of nitrogens with two attached hydrogens (primary N) is 1. The minimum atomic E-state index is -4.46. The Morgan fingerprint density at radius 1 is 1.38 bits per heavy atom. The Bertz CT molecular complexity index is 1160. The largest absolute Gasteiger partial charge is 0.431 e. The van der Waals surface area contributed by atoms with Gasteiger partial charge in [-0.1, -0.05) is 5.92 Å². The normalized spacial score (nSPS) is 15.9. The molecule has 4 N–H and O–H groups in total. The van der Waals surface area contributed by atoms with Crippen molar-refractivity contribution < 1.29 is 22.7 Å². The van der Waals surface area contributed by atoms with Gasteiger partial charge in [-0.2, -0.15) is 13.2 Å². The third-order valence-electron chi connectivity index (χ3n) is 4.72.